The molecule has 0 amide bonds. The van der Waals surface area contributed by atoms with Gasteiger partial charge in [-0.2, -0.15) is 8.42 Å². The molecule has 0 spiro atoms. The maximum Gasteiger partial charge on any atom is 0.295 e. The Kier molecular flexibility index (Phi) is 13.2. The highest BCUT2D eigenvalue weighted by Gasteiger charge is 2.19. The number of thiophene rings is 1. The number of aromatic nitrogens is 3. The summed E-state index contributed by atoms with van der Waals surface area (Å²) in [6, 6.07) is 40.8. The van der Waals surface area contributed by atoms with Gasteiger partial charge in [-0.15, -0.1) is 11.3 Å². The van der Waals surface area contributed by atoms with Gasteiger partial charge in [-0.05, 0) is 122 Å². The monoisotopic (exact) mass is 957 g/mol. The van der Waals surface area contributed by atoms with E-state index in [1.807, 2.05) is 19.9 Å². The van der Waals surface area contributed by atoms with Crippen molar-refractivity contribution < 1.29 is 44.1 Å². The number of aryl methyl sites for hydroxylation is 2. The molecule has 0 aliphatic rings. The summed E-state index contributed by atoms with van der Waals surface area (Å²) in [5, 5.41) is 2.53. The number of nitrogens with one attached hydrogen (secondary N) is 1. The van der Waals surface area contributed by atoms with E-state index in [0.717, 1.165) is 28.1 Å². The van der Waals surface area contributed by atoms with Crippen LogP contribution in [0.25, 0.3) is 43.2 Å². The molecule has 18 heteroatoms. The van der Waals surface area contributed by atoms with E-state index >= 15 is 0 Å². The first-order chi connectivity index (χ1) is 32.1. The smallest absolute Gasteiger partial charge is 0.295 e. The van der Waals surface area contributed by atoms with Crippen molar-refractivity contribution in [2.24, 2.45) is 0 Å². The zero-order valence-corrected chi connectivity index (χ0v) is 37.7. The van der Waals surface area contributed by atoms with E-state index in [4.69, 9.17) is 24.2 Å². The van der Waals surface area contributed by atoms with Crippen LogP contribution in [0, 0.1) is 25.5 Å². The highest BCUT2D eigenvalue weighted by Crippen LogP contribution is 2.35. The second-order valence-corrected chi connectivity index (χ2v) is 19.1. The van der Waals surface area contributed by atoms with Gasteiger partial charge >= 0.3 is 0 Å². The summed E-state index contributed by atoms with van der Waals surface area (Å²) < 4.78 is 103. The third kappa shape index (κ3) is 11.2. The van der Waals surface area contributed by atoms with Crippen LogP contribution in [-0.2, 0) is 20.1 Å². The summed E-state index contributed by atoms with van der Waals surface area (Å²) in [5.41, 5.74) is 9.55. The lowest BCUT2D eigenvalue weighted by atomic mass is 10.1. The highest BCUT2D eigenvalue weighted by atomic mass is 32.2. The van der Waals surface area contributed by atoms with Crippen molar-refractivity contribution in [2.75, 3.05) is 10.5 Å². The van der Waals surface area contributed by atoms with Gasteiger partial charge < -0.3 is 19.6 Å². The molecule has 4 aromatic heterocycles. The summed E-state index contributed by atoms with van der Waals surface area (Å²) in [6.07, 6.45) is 2.81. The highest BCUT2D eigenvalue weighted by molar-refractivity contribution is 7.94. The number of nitrogens with two attached hydrogens (primary N) is 1. The molecular formula is C49H37F2N5O8S3. The van der Waals surface area contributed by atoms with Crippen LogP contribution in [0.1, 0.15) is 11.4 Å². The molecule has 0 aliphatic heterocycles. The lowest BCUT2D eigenvalue weighted by Gasteiger charge is -2.11. The van der Waals surface area contributed by atoms with Crippen LogP contribution < -0.4 is 19.9 Å². The van der Waals surface area contributed by atoms with E-state index < -0.39 is 20.1 Å². The third-order valence-electron chi connectivity index (χ3n) is 9.71. The molecule has 0 fully saturated rings. The van der Waals surface area contributed by atoms with Gasteiger partial charge in [-0.1, -0.05) is 36.4 Å². The molecule has 338 valence electrons. The van der Waals surface area contributed by atoms with Crippen LogP contribution in [-0.4, -0.2) is 36.3 Å². The van der Waals surface area contributed by atoms with Crippen molar-refractivity contribution in [3.8, 4) is 33.6 Å². The molecule has 4 heterocycles. The fourth-order valence-corrected chi connectivity index (χ4v) is 9.73. The maximum atomic E-state index is 13.7. The summed E-state index contributed by atoms with van der Waals surface area (Å²) in [4.78, 5) is 13.2. The van der Waals surface area contributed by atoms with Gasteiger partial charge in [0.1, 0.15) is 43.7 Å². The van der Waals surface area contributed by atoms with Crippen molar-refractivity contribution in [1.29, 1.82) is 0 Å². The van der Waals surface area contributed by atoms with E-state index in [0.29, 0.717) is 72.2 Å². The minimum Gasteiger partial charge on any atom is -0.457 e. The van der Waals surface area contributed by atoms with Crippen LogP contribution in [0.15, 0.2) is 178 Å². The first-order valence-electron chi connectivity index (χ1n) is 20.0. The Morgan fingerprint density at radius 3 is 1.79 bits per heavy atom. The maximum absolute atomic E-state index is 13.7. The number of hydrogen-bond donors (Lipinski definition) is 3. The molecule has 13 nitrogen and oxygen atoms in total. The third-order valence-corrected chi connectivity index (χ3v) is 13.6. The van der Waals surface area contributed by atoms with Gasteiger partial charge in [0.25, 0.3) is 20.1 Å². The van der Waals surface area contributed by atoms with Gasteiger partial charge in [0, 0.05) is 51.1 Å². The van der Waals surface area contributed by atoms with Crippen molar-refractivity contribution in [2.45, 2.75) is 23.0 Å². The number of rotatable bonds is 9. The van der Waals surface area contributed by atoms with Gasteiger partial charge in [0.15, 0.2) is 12.2 Å². The Morgan fingerprint density at radius 1 is 0.657 bits per heavy atom. The molecular weight excluding hydrogens is 921 g/mol. The van der Waals surface area contributed by atoms with Gasteiger partial charge in [-0.3, -0.25) is 19.2 Å². The number of pyridine rings is 2. The quantitative estimate of drug-likeness (QED) is 0.0916. The number of halogens is 2. The molecule has 0 aliphatic carbocycles. The van der Waals surface area contributed by atoms with E-state index in [-0.39, 0.29) is 20.7 Å². The molecule has 0 atom stereocenters. The first-order valence-corrected chi connectivity index (χ1v) is 23.7. The summed E-state index contributed by atoms with van der Waals surface area (Å²) in [5.74, 6) is 1.96. The van der Waals surface area contributed by atoms with Crippen LogP contribution in [0.4, 0.5) is 20.2 Å². The number of oxazole rings is 1. The summed E-state index contributed by atoms with van der Waals surface area (Å²) in [6.45, 7) is 3.70. The van der Waals surface area contributed by atoms with Crippen LogP contribution >= 0.6 is 11.3 Å². The average Bonchev–Trinajstić information content (AvgIpc) is 4.03. The average molecular weight is 958 g/mol. The number of nitrogens with zero attached hydrogens (tertiary/aromatic N) is 3. The van der Waals surface area contributed by atoms with Crippen LogP contribution in [0.5, 0.6) is 23.0 Å². The lowest BCUT2D eigenvalue weighted by Crippen LogP contribution is -2.11. The Bertz CT molecular complexity index is 3610. The molecule has 0 unspecified atom stereocenters. The zero-order valence-electron chi connectivity index (χ0n) is 35.3. The number of fused-ring (bicyclic) bond motifs is 3. The normalized spacial score (nSPS) is 11.4. The number of ether oxygens (including phenoxy) is 2. The molecule has 67 heavy (non-hydrogen) atoms. The standard InChI is InChI=1S/C23H16FN3O4S2.C16H13FN2O.C10H8O3S/c1-14-10-20(18-11-15(24)2-7-19(18)26-14)31-17-5-3-16(4-6-17)27-33(28,29)23-9-8-22(32-23)21-12-25-13-30-21;1-10-8-16(20-13-5-3-12(18)4-6-13)14-9-11(17)2-7-15(14)19-10;11-14(12,13)10-7-3-5-8-4-1-2-6-9(8)10/h2-13,27H,1H3;2-9H,18H2,1H3;1-7H,(H,11,12,13). The van der Waals surface area contributed by atoms with Gasteiger partial charge in [0.2, 0.25) is 0 Å². The van der Waals surface area contributed by atoms with E-state index in [1.54, 1.807) is 109 Å². The van der Waals surface area contributed by atoms with E-state index in [9.17, 15) is 25.6 Å². The molecule has 0 bridgehead atoms. The molecule has 4 N–H and O–H groups in total. The number of benzene rings is 6. The number of nitrogen functional groups attached to an aromatic ring is 1. The largest absolute Gasteiger partial charge is 0.457 e. The lowest BCUT2D eigenvalue weighted by molar-refractivity contribution is 0.484. The fourth-order valence-electron chi connectivity index (χ4n) is 6.70. The SMILES string of the molecule is Cc1cc(Oc2ccc(N)cc2)c2cc(F)ccc2n1.Cc1cc(Oc2ccc(NS(=O)(=O)c3ccc(-c4cnco4)s3)cc2)c2cc(F)ccc2n1.O=S(=O)(O)c1cccc2ccccc12. The van der Waals surface area contributed by atoms with Gasteiger partial charge in [-0.25, -0.2) is 22.2 Å². The second kappa shape index (κ2) is 19.4. The Hall–Kier alpha value is -7.77. The van der Waals surface area contributed by atoms with Crippen LogP contribution in [0.2, 0.25) is 0 Å². The summed E-state index contributed by atoms with van der Waals surface area (Å²) >= 11 is 1.08. The number of hydrogen-bond acceptors (Lipinski definition) is 12. The van der Waals surface area contributed by atoms with Crippen molar-refractivity contribution in [1.82, 2.24) is 15.0 Å². The van der Waals surface area contributed by atoms with Crippen LogP contribution in [0.3, 0.4) is 0 Å². The molecule has 0 saturated carbocycles. The molecule has 10 aromatic rings. The zero-order chi connectivity index (χ0) is 47.3. The number of anilines is 2. The molecule has 0 saturated heterocycles. The minimum atomic E-state index is -4.13. The number of sulfonamides is 1. The van der Waals surface area contributed by atoms with Crippen molar-refractivity contribution >= 4 is 75.4 Å². The summed E-state index contributed by atoms with van der Waals surface area (Å²) in [7, 11) is -7.91. The van der Waals surface area contributed by atoms with Crippen molar-refractivity contribution in [3.63, 3.8) is 0 Å². The topological polar surface area (TPSA) is 197 Å². The predicted octanol–water partition coefficient (Wildman–Crippen LogP) is 12.1. The molecule has 10 rings (SSSR count). The Morgan fingerprint density at radius 2 is 1.22 bits per heavy atom. The predicted molar refractivity (Wildman–Crippen MR) is 255 cm³/mol. The van der Waals surface area contributed by atoms with Gasteiger partial charge in [0.05, 0.1) is 22.1 Å². The minimum absolute atomic E-state index is 0.0457. The van der Waals surface area contributed by atoms with Crippen molar-refractivity contribution in [3.05, 3.63) is 187 Å². The Balaban J connectivity index is 0.000000151. The molecule has 0 radical (unpaired) electrons. The fraction of sp³-hybridized carbons (Fsp3) is 0.0408. The second-order valence-electron chi connectivity index (χ2n) is 14.7. The first kappa shape index (κ1) is 45.8. The van der Waals surface area contributed by atoms with E-state index in [1.165, 1.54) is 49.0 Å². The van der Waals surface area contributed by atoms with E-state index in [2.05, 4.69) is 19.7 Å². The Labute approximate surface area is 386 Å². The molecule has 6 aromatic carbocycles.